The second-order valence-corrected chi connectivity index (χ2v) is 5.50. The maximum absolute atomic E-state index is 12.5. The topological polar surface area (TPSA) is 43.8 Å². The van der Waals surface area contributed by atoms with E-state index in [2.05, 4.69) is 16.7 Å². The van der Waals surface area contributed by atoms with Crippen molar-refractivity contribution < 1.29 is 9.90 Å². The predicted octanol–water partition coefficient (Wildman–Crippen LogP) is 0.842. The number of hydrogen-bond donors (Lipinski definition) is 1. The lowest BCUT2D eigenvalue weighted by Gasteiger charge is -2.45. The van der Waals surface area contributed by atoms with Gasteiger partial charge in [0, 0.05) is 25.2 Å². The summed E-state index contributed by atoms with van der Waals surface area (Å²) in [5, 5.41) is 9.07. The standard InChI is InChI=1S/C13H24N2O2/c1-10-9-14(2)12(7-8-16)13(17)15(10)11-5-3-4-6-11/h10-12,16H,3-9H2,1-2H3. The lowest BCUT2D eigenvalue weighted by Crippen LogP contribution is -2.62. The molecule has 1 amide bonds. The lowest BCUT2D eigenvalue weighted by atomic mass is 10.0. The quantitative estimate of drug-likeness (QED) is 0.795. The van der Waals surface area contributed by atoms with Crippen LogP contribution in [0.5, 0.6) is 0 Å². The van der Waals surface area contributed by atoms with E-state index in [1.807, 2.05) is 7.05 Å². The fraction of sp³-hybridized carbons (Fsp3) is 0.923. The average Bonchev–Trinajstić information content (AvgIpc) is 2.77. The SMILES string of the molecule is CC1CN(C)C(CCO)C(=O)N1C1CCCC1. The number of hydrogen-bond acceptors (Lipinski definition) is 3. The average molecular weight is 240 g/mol. The molecule has 1 aliphatic heterocycles. The molecule has 0 aromatic heterocycles. The van der Waals surface area contributed by atoms with E-state index in [4.69, 9.17) is 5.11 Å². The molecule has 1 saturated heterocycles. The highest BCUT2D eigenvalue weighted by molar-refractivity contribution is 5.83. The van der Waals surface area contributed by atoms with E-state index in [1.165, 1.54) is 12.8 Å². The van der Waals surface area contributed by atoms with E-state index >= 15 is 0 Å². The van der Waals surface area contributed by atoms with Crippen molar-refractivity contribution >= 4 is 5.91 Å². The van der Waals surface area contributed by atoms with Crippen molar-refractivity contribution in [3.05, 3.63) is 0 Å². The molecule has 17 heavy (non-hydrogen) atoms. The molecule has 0 aromatic rings. The highest BCUT2D eigenvalue weighted by Crippen LogP contribution is 2.29. The number of nitrogens with zero attached hydrogens (tertiary/aromatic N) is 2. The molecule has 0 aromatic carbocycles. The summed E-state index contributed by atoms with van der Waals surface area (Å²) in [6.07, 6.45) is 5.38. The minimum Gasteiger partial charge on any atom is -0.396 e. The smallest absolute Gasteiger partial charge is 0.240 e. The molecular formula is C13H24N2O2. The summed E-state index contributed by atoms with van der Waals surface area (Å²) in [7, 11) is 1.99. The van der Waals surface area contributed by atoms with Gasteiger partial charge in [0.2, 0.25) is 5.91 Å². The molecule has 2 rings (SSSR count). The Bertz CT molecular complexity index is 277. The molecule has 1 N–H and O–H groups in total. The lowest BCUT2D eigenvalue weighted by molar-refractivity contribution is -0.148. The zero-order chi connectivity index (χ0) is 12.4. The van der Waals surface area contributed by atoms with Crippen LogP contribution in [0.2, 0.25) is 0 Å². The van der Waals surface area contributed by atoms with E-state index in [1.54, 1.807) is 0 Å². The van der Waals surface area contributed by atoms with Gasteiger partial charge >= 0.3 is 0 Å². The molecule has 0 radical (unpaired) electrons. The number of piperazine rings is 1. The fourth-order valence-electron chi connectivity index (χ4n) is 3.40. The minimum absolute atomic E-state index is 0.0909. The van der Waals surface area contributed by atoms with Crippen LogP contribution in [-0.2, 0) is 4.79 Å². The van der Waals surface area contributed by atoms with Crippen LogP contribution < -0.4 is 0 Å². The summed E-state index contributed by atoms with van der Waals surface area (Å²) < 4.78 is 0. The Morgan fingerprint density at radius 1 is 1.35 bits per heavy atom. The van der Waals surface area contributed by atoms with Crippen LogP contribution in [0.4, 0.5) is 0 Å². The number of carbonyl (C=O) groups is 1. The summed E-state index contributed by atoms with van der Waals surface area (Å²) in [4.78, 5) is 16.7. The molecule has 98 valence electrons. The Labute approximate surface area is 104 Å². The van der Waals surface area contributed by atoms with Crippen molar-refractivity contribution in [2.75, 3.05) is 20.2 Å². The molecule has 0 bridgehead atoms. The van der Waals surface area contributed by atoms with Crippen molar-refractivity contribution in [2.45, 2.75) is 57.2 Å². The predicted molar refractivity (Wildman–Crippen MR) is 66.7 cm³/mol. The zero-order valence-corrected chi connectivity index (χ0v) is 10.9. The van der Waals surface area contributed by atoms with Crippen LogP contribution in [0.1, 0.15) is 39.0 Å². The Morgan fingerprint density at radius 3 is 2.59 bits per heavy atom. The van der Waals surface area contributed by atoms with E-state index in [-0.39, 0.29) is 18.6 Å². The van der Waals surface area contributed by atoms with Gasteiger partial charge in [-0.1, -0.05) is 12.8 Å². The Balaban J connectivity index is 2.10. The normalized spacial score (nSPS) is 32.4. The molecule has 4 heteroatoms. The van der Waals surface area contributed by atoms with Crippen LogP contribution in [0.3, 0.4) is 0 Å². The third-order valence-corrected chi connectivity index (χ3v) is 4.22. The largest absolute Gasteiger partial charge is 0.396 e. The van der Waals surface area contributed by atoms with Gasteiger partial charge in [0.1, 0.15) is 0 Å². The third-order valence-electron chi connectivity index (χ3n) is 4.22. The van der Waals surface area contributed by atoms with Gasteiger partial charge in [-0.3, -0.25) is 9.69 Å². The van der Waals surface area contributed by atoms with Gasteiger partial charge in [-0.25, -0.2) is 0 Å². The van der Waals surface area contributed by atoms with Gasteiger partial charge in [0.05, 0.1) is 6.04 Å². The summed E-state index contributed by atoms with van der Waals surface area (Å²) in [5.74, 6) is 0.229. The van der Waals surface area contributed by atoms with E-state index in [9.17, 15) is 4.79 Å². The van der Waals surface area contributed by atoms with Gasteiger partial charge in [-0.2, -0.15) is 0 Å². The minimum atomic E-state index is -0.114. The first-order valence-electron chi connectivity index (χ1n) is 6.78. The summed E-state index contributed by atoms with van der Waals surface area (Å²) in [6.45, 7) is 3.16. The van der Waals surface area contributed by atoms with Gasteiger partial charge in [0.15, 0.2) is 0 Å². The highest BCUT2D eigenvalue weighted by Gasteiger charge is 2.40. The van der Waals surface area contributed by atoms with E-state index in [0.29, 0.717) is 18.5 Å². The molecule has 1 aliphatic carbocycles. The van der Waals surface area contributed by atoms with Crippen molar-refractivity contribution in [1.82, 2.24) is 9.80 Å². The van der Waals surface area contributed by atoms with Crippen LogP contribution >= 0.6 is 0 Å². The molecule has 2 atom stereocenters. The van der Waals surface area contributed by atoms with Crippen molar-refractivity contribution in [2.24, 2.45) is 0 Å². The van der Waals surface area contributed by atoms with Gasteiger partial charge in [-0.05, 0) is 33.2 Å². The number of carbonyl (C=O) groups excluding carboxylic acids is 1. The van der Waals surface area contributed by atoms with Crippen LogP contribution in [-0.4, -0.2) is 59.1 Å². The Morgan fingerprint density at radius 2 is 2.00 bits per heavy atom. The monoisotopic (exact) mass is 240 g/mol. The van der Waals surface area contributed by atoms with Gasteiger partial charge in [-0.15, -0.1) is 0 Å². The first-order valence-corrected chi connectivity index (χ1v) is 6.78. The van der Waals surface area contributed by atoms with Crippen molar-refractivity contribution in [1.29, 1.82) is 0 Å². The number of aliphatic hydroxyl groups excluding tert-OH is 1. The molecule has 1 saturated carbocycles. The summed E-state index contributed by atoms with van der Waals surface area (Å²) in [6, 6.07) is 0.648. The first kappa shape index (κ1) is 12.8. The molecule has 2 aliphatic rings. The van der Waals surface area contributed by atoms with E-state index in [0.717, 1.165) is 19.4 Å². The zero-order valence-electron chi connectivity index (χ0n) is 10.9. The summed E-state index contributed by atoms with van der Waals surface area (Å²) >= 11 is 0. The Hall–Kier alpha value is -0.610. The fourth-order valence-corrected chi connectivity index (χ4v) is 3.40. The van der Waals surface area contributed by atoms with Gasteiger partial charge < -0.3 is 10.0 Å². The molecule has 4 nitrogen and oxygen atoms in total. The number of rotatable bonds is 3. The molecule has 1 heterocycles. The first-order chi connectivity index (χ1) is 8.15. The van der Waals surface area contributed by atoms with Crippen molar-refractivity contribution in [3.8, 4) is 0 Å². The molecule has 0 spiro atoms. The molecular weight excluding hydrogens is 216 g/mol. The number of amides is 1. The molecule has 2 unspecified atom stereocenters. The van der Waals surface area contributed by atoms with Crippen LogP contribution in [0.15, 0.2) is 0 Å². The second kappa shape index (κ2) is 5.36. The van der Waals surface area contributed by atoms with Crippen molar-refractivity contribution in [3.63, 3.8) is 0 Å². The van der Waals surface area contributed by atoms with E-state index < -0.39 is 0 Å². The number of likely N-dealkylation sites (N-methyl/N-ethyl adjacent to an activating group) is 1. The van der Waals surface area contributed by atoms with Crippen LogP contribution in [0, 0.1) is 0 Å². The maximum Gasteiger partial charge on any atom is 0.240 e. The van der Waals surface area contributed by atoms with Crippen LogP contribution in [0.25, 0.3) is 0 Å². The number of aliphatic hydroxyl groups is 1. The second-order valence-electron chi connectivity index (χ2n) is 5.50. The maximum atomic E-state index is 12.5. The third kappa shape index (κ3) is 2.47. The summed E-state index contributed by atoms with van der Waals surface area (Å²) in [5.41, 5.74) is 0. The Kier molecular flexibility index (Phi) is 4.05. The van der Waals surface area contributed by atoms with Gasteiger partial charge in [0.25, 0.3) is 0 Å². The highest BCUT2D eigenvalue weighted by atomic mass is 16.3. The molecule has 2 fully saturated rings.